The fourth-order valence-electron chi connectivity index (χ4n) is 1.47. The Morgan fingerprint density at radius 3 is 2.65 bits per heavy atom. The number of hydrogen-bond acceptors (Lipinski definition) is 5. The van der Waals surface area contributed by atoms with Crippen LogP contribution in [-0.2, 0) is 4.79 Å². The predicted molar refractivity (Wildman–Crippen MR) is 66.1 cm³/mol. The molecule has 0 saturated heterocycles. The largest absolute Gasteiger partial charge is 0.373 e. The number of anilines is 2. The van der Waals surface area contributed by atoms with Crippen molar-refractivity contribution in [2.45, 2.75) is 18.8 Å². The molecule has 0 atom stereocenters. The van der Waals surface area contributed by atoms with Crippen molar-refractivity contribution in [2.75, 3.05) is 31.3 Å². The number of carbonyl (C=O) groups excluding carboxylic acids is 1. The van der Waals surface area contributed by atoms with Crippen LogP contribution in [-0.4, -0.2) is 36.5 Å². The summed E-state index contributed by atoms with van der Waals surface area (Å²) in [5.74, 6) is 2.75. The lowest BCUT2D eigenvalue weighted by Crippen LogP contribution is -2.26. The van der Waals surface area contributed by atoms with Crippen molar-refractivity contribution in [2.24, 2.45) is 0 Å². The van der Waals surface area contributed by atoms with E-state index < -0.39 is 0 Å². The van der Waals surface area contributed by atoms with Gasteiger partial charge in [-0.05, 0) is 12.8 Å². The lowest BCUT2D eigenvalue weighted by Gasteiger charge is -2.08. The van der Waals surface area contributed by atoms with E-state index in [-0.39, 0.29) is 12.5 Å². The standard InChI is InChI=1S/C11H17N5O/c1-12-8-5-9(14-6-10(17)13-2)16-11(15-8)7-3-4-7/h5,7H,3-4,6H2,1-2H3,(H,13,17)(H2,12,14,15,16). The third-order valence-electron chi connectivity index (χ3n) is 2.65. The number of nitrogens with zero attached hydrogens (tertiary/aromatic N) is 2. The minimum absolute atomic E-state index is 0.0670. The molecule has 1 aromatic heterocycles. The quantitative estimate of drug-likeness (QED) is 0.694. The van der Waals surface area contributed by atoms with Gasteiger partial charge in [0.1, 0.15) is 17.5 Å². The van der Waals surface area contributed by atoms with E-state index >= 15 is 0 Å². The van der Waals surface area contributed by atoms with Crippen LogP contribution in [0.15, 0.2) is 6.07 Å². The summed E-state index contributed by atoms with van der Waals surface area (Å²) in [5, 5.41) is 8.54. The molecule has 2 rings (SSSR count). The monoisotopic (exact) mass is 235 g/mol. The highest BCUT2D eigenvalue weighted by Gasteiger charge is 2.27. The first-order valence-electron chi connectivity index (χ1n) is 5.74. The third-order valence-corrected chi connectivity index (χ3v) is 2.65. The third kappa shape index (κ3) is 3.05. The van der Waals surface area contributed by atoms with Gasteiger partial charge in [0.2, 0.25) is 5.91 Å². The fraction of sp³-hybridized carbons (Fsp3) is 0.545. The summed E-state index contributed by atoms with van der Waals surface area (Å²) in [6.45, 7) is 0.223. The number of amides is 1. The van der Waals surface area contributed by atoms with E-state index in [0.717, 1.165) is 24.5 Å². The Hall–Kier alpha value is -1.85. The van der Waals surface area contributed by atoms with Gasteiger partial charge in [0, 0.05) is 26.1 Å². The van der Waals surface area contributed by atoms with Crippen LogP contribution in [0.2, 0.25) is 0 Å². The van der Waals surface area contributed by atoms with Gasteiger partial charge in [-0.2, -0.15) is 0 Å². The minimum Gasteiger partial charge on any atom is -0.373 e. The number of likely N-dealkylation sites (N-methyl/N-ethyl adjacent to an activating group) is 1. The van der Waals surface area contributed by atoms with Crippen molar-refractivity contribution in [1.29, 1.82) is 0 Å². The average Bonchev–Trinajstić information content (AvgIpc) is 3.19. The molecule has 92 valence electrons. The summed E-state index contributed by atoms with van der Waals surface area (Å²) in [7, 11) is 3.43. The second kappa shape index (κ2) is 4.99. The van der Waals surface area contributed by atoms with Crippen LogP contribution in [0.3, 0.4) is 0 Å². The van der Waals surface area contributed by atoms with Crippen LogP contribution in [0.5, 0.6) is 0 Å². The van der Waals surface area contributed by atoms with E-state index in [9.17, 15) is 4.79 Å². The maximum absolute atomic E-state index is 11.1. The van der Waals surface area contributed by atoms with E-state index in [1.165, 1.54) is 0 Å². The van der Waals surface area contributed by atoms with Crippen molar-refractivity contribution in [3.05, 3.63) is 11.9 Å². The number of rotatable bonds is 5. The summed E-state index contributed by atoms with van der Waals surface area (Å²) in [6, 6.07) is 1.80. The zero-order valence-corrected chi connectivity index (χ0v) is 10.1. The Labute approximate surface area is 100 Å². The maximum atomic E-state index is 11.1. The van der Waals surface area contributed by atoms with E-state index in [1.54, 1.807) is 13.1 Å². The van der Waals surface area contributed by atoms with Crippen molar-refractivity contribution in [3.63, 3.8) is 0 Å². The van der Waals surface area contributed by atoms with Crippen LogP contribution >= 0.6 is 0 Å². The Kier molecular flexibility index (Phi) is 3.41. The van der Waals surface area contributed by atoms with Crippen molar-refractivity contribution in [3.8, 4) is 0 Å². The Morgan fingerprint density at radius 2 is 2.06 bits per heavy atom. The van der Waals surface area contributed by atoms with Gasteiger partial charge in [-0.1, -0.05) is 0 Å². The highest BCUT2D eigenvalue weighted by Crippen LogP contribution is 2.38. The zero-order chi connectivity index (χ0) is 12.3. The first-order valence-corrected chi connectivity index (χ1v) is 5.74. The summed E-state index contributed by atoms with van der Waals surface area (Å²) < 4.78 is 0. The molecular formula is C11H17N5O. The summed E-state index contributed by atoms with van der Waals surface area (Å²) in [5.41, 5.74) is 0. The Morgan fingerprint density at radius 1 is 1.35 bits per heavy atom. The molecule has 6 nitrogen and oxygen atoms in total. The van der Waals surface area contributed by atoms with Gasteiger partial charge in [-0.25, -0.2) is 9.97 Å². The first-order chi connectivity index (χ1) is 8.22. The first kappa shape index (κ1) is 11.6. The summed E-state index contributed by atoms with van der Waals surface area (Å²) in [4.78, 5) is 19.9. The van der Waals surface area contributed by atoms with Crippen LogP contribution in [0.4, 0.5) is 11.6 Å². The van der Waals surface area contributed by atoms with Crippen molar-refractivity contribution in [1.82, 2.24) is 15.3 Å². The molecule has 1 amide bonds. The van der Waals surface area contributed by atoms with Gasteiger partial charge in [0.25, 0.3) is 0 Å². The highest BCUT2D eigenvalue weighted by molar-refractivity contribution is 5.80. The van der Waals surface area contributed by atoms with E-state index in [4.69, 9.17) is 0 Å². The van der Waals surface area contributed by atoms with E-state index in [0.29, 0.717) is 11.7 Å². The molecule has 0 aliphatic heterocycles. The van der Waals surface area contributed by atoms with Crippen LogP contribution in [0.1, 0.15) is 24.6 Å². The van der Waals surface area contributed by atoms with Gasteiger partial charge in [0.15, 0.2) is 0 Å². The lowest BCUT2D eigenvalue weighted by molar-refractivity contribution is -0.118. The molecule has 1 aliphatic rings. The van der Waals surface area contributed by atoms with Gasteiger partial charge in [-0.3, -0.25) is 4.79 Å². The molecule has 1 aromatic rings. The second-order valence-electron chi connectivity index (χ2n) is 4.05. The molecule has 0 radical (unpaired) electrons. The maximum Gasteiger partial charge on any atom is 0.239 e. The van der Waals surface area contributed by atoms with Crippen molar-refractivity contribution < 1.29 is 4.79 Å². The normalized spacial score (nSPS) is 14.2. The molecular weight excluding hydrogens is 218 g/mol. The molecule has 1 aliphatic carbocycles. The molecule has 0 bridgehead atoms. The van der Waals surface area contributed by atoms with Gasteiger partial charge in [-0.15, -0.1) is 0 Å². The fourth-order valence-corrected chi connectivity index (χ4v) is 1.47. The molecule has 17 heavy (non-hydrogen) atoms. The summed E-state index contributed by atoms with van der Waals surface area (Å²) in [6.07, 6.45) is 2.31. The lowest BCUT2D eigenvalue weighted by atomic mass is 10.3. The van der Waals surface area contributed by atoms with Crippen LogP contribution < -0.4 is 16.0 Å². The molecule has 1 saturated carbocycles. The SMILES string of the molecule is CNC(=O)CNc1cc(NC)nc(C2CC2)n1. The number of aromatic nitrogens is 2. The highest BCUT2D eigenvalue weighted by atomic mass is 16.1. The average molecular weight is 235 g/mol. The molecule has 0 spiro atoms. The molecule has 1 heterocycles. The van der Waals surface area contributed by atoms with Crippen LogP contribution in [0, 0.1) is 0 Å². The topological polar surface area (TPSA) is 78.9 Å². The Balaban J connectivity index is 2.09. The van der Waals surface area contributed by atoms with Crippen molar-refractivity contribution >= 4 is 17.5 Å². The molecule has 6 heteroatoms. The summed E-state index contributed by atoms with van der Waals surface area (Å²) >= 11 is 0. The Bertz CT molecular complexity index is 416. The molecule has 0 unspecified atom stereocenters. The molecule has 1 fully saturated rings. The van der Waals surface area contributed by atoms with Crippen LogP contribution in [0.25, 0.3) is 0 Å². The number of carbonyl (C=O) groups is 1. The van der Waals surface area contributed by atoms with Gasteiger partial charge >= 0.3 is 0 Å². The predicted octanol–water partition coefficient (Wildman–Crippen LogP) is 0.554. The van der Waals surface area contributed by atoms with Gasteiger partial charge in [0.05, 0.1) is 6.54 Å². The van der Waals surface area contributed by atoms with E-state index in [2.05, 4.69) is 25.9 Å². The number of hydrogen-bond donors (Lipinski definition) is 3. The molecule has 3 N–H and O–H groups in total. The number of nitrogens with one attached hydrogen (secondary N) is 3. The second-order valence-corrected chi connectivity index (χ2v) is 4.05. The minimum atomic E-state index is -0.0670. The molecule has 0 aromatic carbocycles. The zero-order valence-electron chi connectivity index (χ0n) is 10.1. The smallest absolute Gasteiger partial charge is 0.239 e. The van der Waals surface area contributed by atoms with Gasteiger partial charge < -0.3 is 16.0 Å². The van der Waals surface area contributed by atoms with E-state index in [1.807, 2.05) is 7.05 Å².